The van der Waals surface area contributed by atoms with Gasteiger partial charge in [-0.1, -0.05) is 0 Å². The number of carbonyl (C=O) groups excluding carboxylic acids is 1. The molecule has 2 heterocycles. The lowest BCUT2D eigenvalue weighted by atomic mass is 10.1. The van der Waals surface area contributed by atoms with Gasteiger partial charge in [0, 0.05) is 32.3 Å². The molecule has 2 atom stereocenters. The zero-order valence-electron chi connectivity index (χ0n) is 9.61. The maximum atomic E-state index is 12.1. The molecule has 0 aromatic heterocycles. The number of likely N-dealkylation sites (N-methyl/N-ethyl adjacent to an activating group) is 1. The highest BCUT2D eigenvalue weighted by atomic mass is 16.5. The molecule has 2 aliphatic heterocycles. The van der Waals surface area contributed by atoms with Gasteiger partial charge in [-0.25, -0.2) is 0 Å². The summed E-state index contributed by atoms with van der Waals surface area (Å²) in [5.41, 5.74) is 0. The molecule has 0 aromatic carbocycles. The summed E-state index contributed by atoms with van der Waals surface area (Å²) in [6, 6.07) is 0.320. The van der Waals surface area contributed by atoms with E-state index in [1.165, 1.54) is 0 Å². The molecular formula is C11H20N2O2. The smallest absolute Gasteiger partial charge is 0.252 e. The van der Waals surface area contributed by atoms with E-state index in [-0.39, 0.29) is 12.0 Å². The zero-order chi connectivity index (χ0) is 10.8. The van der Waals surface area contributed by atoms with Gasteiger partial charge >= 0.3 is 0 Å². The van der Waals surface area contributed by atoms with Gasteiger partial charge in [-0.2, -0.15) is 0 Å². The van der Waals surface area contributed by atoms with Crippen LogP contribution < -0.4 is 0 Å². The Kier molecular flexibility index (Phi) is 3.26. The second-order valence-electron chi connectivity index (χ2n) is 4.64. The minimum Gasteiger partial charge on any atom is -0.368 e. The Hall–Kier alpha value is -0.610. The van der Waals surface area contributed by atoms with Crippen LogP contribution in [-0.2, 0) is 9.53 Å². The molecule has 2 rings (SSSR count). The van der Waals surface area contributed by atoms with Crippen molar-refractivity contribution >= 4 is 5.91 Å². The van der Waals surface area contributed by atoms with Crippen molar-refractivity contribution in [1.82, 2.24) is 9.80 Å². The van der Waals surface area contributed by atoms with Crippen LogP contribution in [0, 0.1) is 0 Å². The number of hydrogen-bond acceptors (Lipinski definition) is 3. The maximum absolute atomic E-state index is 12.1. The number of rotatable bonds is 1. The van der Waals surface area contributed by atoms with Crippen molar-refractivity contribution in [2.24, 2.45) is 0 Å². The molecule has 0 aromatic rings. The third-order valence-electron chi connectivity index (χ3n) is 3.32. The van der Waals surface area contributed by atoms with Crippen molar-refractivity contribution in [1.29, 1.82) is 0 Å². The van der Waals surface area contributed by atoms with Gasteiger partial charge in [0.25, 0.3) is 5.91 Å². The molecule has 0 radical (unpaired) electrons. The lowest BCUT2D eigenvalue weighted by molar-refractivity contribution is -0.145. The highest BCUT2D eigenvalue weighted by Crippen LogP contribution is 2.17. The normalized spacial score (nSPS) is 33.3. The van der Waals surface area contributed by atoms with Crippen molar-refractivity contribution in [3.05, 3.63) is 0 Å². The average molecular weight is 212 g/mol. The maximum Gasteiger partial charge on any atom is 0.252 e. The summed E-state index contributed by atoms with van der Waals surface area (Å²) < 4.78 is 5.44. The minimum atomic E-state index is -0.157. The van der Waals surface area contributed by atoms with Crippen LogP contribution >= 0.6 is 0 Å². The number of hydrogen-bond donors (Lipinski definition) is 0. The first kappa shape index (κ1) is 10.9. The lowest BCUT2D eigenvalue weighted by Crippen LogP contribution is -2.55. The van der Waals surface area contributed by atoms with Crippen LogP contribution in [0.1, 0.15) is 19.8 Å². The topological polar surface area (TPSA) is 32.8 Å². The molecule has 0 spiro atoms. The second-order valence-corrected chi connectivity index (χ2v) is 4.64. The molecule has 1 amide bonds. The second kappa shape index (κ2) is 4.49. The third-order valence-corrected chi connectivity index (χ3v) is 3.32. The van der Waals surface area contributed by atoms with Gasteiger partial charge in [0.2, 0.25) is 0 Å². The fourth-order valence-corrected chi connectivity index (χ4v) is 2.42. The largest absolute Gasteiger partial charge is 0.368 e. The van der Waals surface area contributed by atoms with Crippen LogP contribution in [0.3, 0.4) is 0 Å². The standard InChI is InChI=1S/C11H20N2O2/c1-9-8-12(2)5-6-13(9)11(14)10-4-3-7-15-10/h9-10H,3-8H2,1-2H3/t9-,10-/m0/s1. The van der Waals surface area contributed by atoms with Gasteiger partial charge in [0.15, 0.2) is 0 Å². The van der Waals surface area contributed by atoms with Gasteiger partial charge in [0.1, 0.15) is 6.10 Å². The Balaban J connectivity index is 1.94. The number of carbonyl (C=O) groups is 1. The number of nitrogens with zero attached hydrogens (tertiary/aromatic N) is 2. The highest BCUT2D eigenvalue weighted by molar-refractivity contribution is 5.81. The Bertz CT molecular complexity index is 239. The fourth-order valence-electron chi connectivity index (χ4n) is 2.42. The van der Waals surface area contributed by atoms with Crippen molar-refractivity contribution in [3.8, 4) is 0 Å². The molecule has 4 nitrogen and oxygen atoms in total. The van der Waals surface area contributed by atoms with Crippen molar-refractivity contribution < 1.29 is 9.53 Å². The van der Waals surface area contributed by atoms with Gasteiger partial charge in [0.05, 0.1) is 0 Å². The number of piperazine rings is 1. The average Bonchev–Trinajstić information content (AvgIpc) is 2.69. The molecule has 0 bridgehead atoms. The van der Waals surface area contributed by atoms with Gasteiger partial charge in [-0.15, -0.1) is 0 Å². The molecule has 2 saturated heterocycles. The van der Waals surface area contributed by atoms with Crippen molar-refractivity contribution in [3.63, 3.8) is 0 Å². The van der Waals surface area contributed by atoms with Crippen LogP contribution in [0.5, 0.6) is 0 Å². The Morgan fingerprint density at radius 1 is 1.40 bits per heavy atom. The molecular weight excluding hydrogens is 192 g/mol. The van der Waals surface area contributed by atoms with E-state index in [9.17, 15) is 4.79 Å². The van der Waals surface area contributed by atoms with E-state index in [1.54, 1.807) is 0 Å². The predicted molar refractivity (Wildman–Crippen MR) is 57.6 cm³/mol. The number of amides is 1. The first-order chi connectivity index (χ1) is 7.18. The van der Waals surface area contributed by atoms with Gasteiger partial charge < -0.3 is 14.5 Å². The molecule has 15 heavy (non-hydrogen) atoms. The van der Waals surface area contributed by atoms with Crippen molar-refractivity contribution in [2.75, 3.05) is 33.3 Å². The van der Waals surface area contributed by atoms with Gasteiger partial charge in [-0.3, -0.25) is 4.79 Å². The molecule has 0 unspecified atom stereocenters. The van der Waals surface area contributed by atoms with E-state index in [1.807, 2.05) is 4.90 Å². The molecule has 86 valence electrons. The summed E-state index contributed by atoms with van der Waals surface area (Å²) >= 11 is 0. The summed E-state index contributed by atoms with van der Waals surface area (Å²) in [6.07, 6.45) is 1.77. The van der Waals surface area contributed by atoms with E-state index >= 15 is 0 Å². The zero-order valence-corrected chi connectivity index (χ0v) is 9.61. The van der Waals surface area contributed by atoms with Gasteiger partial charge in [-0.05, 0) is 26.8 Å². The fraction of sp³-hybridized carbons (Fsp3) is 0.909. The monoisotopic (exact) mass is 212 g/mol. The van der Waals surface area contributed by atoms with E-state index < -0.39 is 0 Å². The van der Waals surface area contributed by atoms with Crippen LogP contribution in [0.15, 0.2) is 0 Å². The molecule has 0 N–H and O–H groups in total. The van der Waals surface area contributed by atoms with Crippen molar-refractivity contribution in [2.45, 2.75) is 31.9 Å². The number of ether oxygens (including phenoxy) is 1. The first-order valence-corrected chi connectivity index (χ1v) is 5.79. The summed E-state index contributed by atoms with van der Waals surface area (Å²) in [5, 5.41) is 0. The van der Waals surface area contributed by atoms with Crippen LogP contribution in [0.2, 0.25) is 0 Å². The molecule has 2 aliphatic rings. The van der Waals surface area contributed by atoms with Crippen LogP contribution in [-0.4, -0.2) is 61.1 Å². The molecule has 0 aliphatic carbocycles. The predicted octanol–water partition coefficient (Wildman–Crippen LogP) is 0.328. The van der Waals surface area contributed by atoms with E-state index in [2.05, 4.69) is 18.9 Å². The van der Waals surface area contributed by atoms with Crippen LogP contribution in [0.25, 0.3) is 0 Å². The van der Waals surface area contributed by atoms with E-state index in [0.717, 1.165) is 39.1 Å². The summed E-state index contributed by atoms with van der Waals surface area (Å²) in [6.45, 7) is 5.65. The lowest BCUT2D eigenvalue weighted by Gasteiger charge is -2.39. The minimum absolute atomic E-state index is 0.157. The molecule has 2 fully saturated rings. The Morgan fingerprint density at radius 3 is 2.80 bits per heavy atom. The summed E-state index contributed by atoms with van der Waals surface area (Å²) in [5.74, 6) is 0.202. The quantitative estimate of drug-likeness (QED) is 0.628. The molecule has 0 saturated carbocycles. The van der Waals surface area contributed by atoms with E-state index in [0.29, 0.717) is 6.04 Å². The Morgan fingerprint density at radius 2 is 2.20 bits per heavy atom. The van der Waals surface area contributed by atoms with E-state index in [4.69, 9.17) is 4.74 Å². The summed E-state index contributed by atoms with van der Waals surface area (Å²) in [7, 11) is 2.10. The van der Waals surface area contributed by atoms with Crippen LogP contribution in [0.4, 0.5) is 0 Å². The SMILES string of the molecule is C[C@H]1CN(C)CCN1C(=O)[C@@H]1CCCO1. The third kappa shape index (κ3) is 2.32. The highest BCUT2D eigenvalue weighted by Gasteiger charge is 2.32. The molecule has 4 heteroatoms. The summed E-state index contributed by atoms with van der Waals surface area (Å²) in [4.78, 5) is 16.3. The Labute approximate surface area is 91.2 Å². The first-order valence-electron chi connectivity index (χ1n) is 5.79.